The number of benzene rings is 4. The summed E-state index contributed by atoms with van der Waals surface area (Å²) >= 11 is 7.26. The van der Waals surface area contributed by atoms with Crippen molar-refractivity contribution in [2.45, 2.75) is 37.5 Å². The molecule has 2 aliphatic carbocycles. The van der Waals surface area contributed by atoms with Gasteiger partial charge in [-0.2, -0.15) is 5.01 Å². The number of aryl methyl sites for hydroxylation is 1. The molecule has 4 aromatic carbocycles. The number of rotatable bonds is 8. The zero-order valence-corrected chi connectivity index (χ0v) is 32.6. The van der Waals surface area contributed by atoms with Crippen LogP contribution in [-0.4, -0.2) is 57.4 Å². The van der Waals surface area contributed by atoms with Gasteiger partial charge in [0, 0.05) is 16.9 Å². The number of imide groups is 2. The summed E-state index contributed by atoms with van der Waals surface area (Å²) in [7, 11) is 1.44. The zero-order chi connectivity index (χ0) is 38.1. The molecule has 4 aromatic rings. The predicted octanol–water partition coefficient (Wildman–Crippen LogP) is 7.17. The first kappa shape index (κ1) is 36.1. The zero-order valence-electron chi connectivity index (χ0n) is 29.5. The predicted molar refractivity (Wildman–Crippen MR) is 207 cm³/mol. The van der Waals surface area contributed by atoms with E-state index >= 15 is 4.79 Å². The van der Waals surface area contributed by atoms with Gasteiger partial charge in [-0.3, -0.25) is 29.5 Å². The van der Waals surface area contributed by atoms with Crippen LogP contribution in [0.2, 0.25) is 0 Å². The molecule has 6 atom stereocenters. The minimum atomic E-state index is -1.49. The van der Waals surface area contributed by atoms with Crippen molar-refractivity contribution < 1.29 is 34.1 Å². The Kier molecular flexibility index (Phi) is 9.16. The van der Waals surface area contributed by atoms with E-state index in [0.29, 0.717) is 32.2 Å². The monoisotopic (exact) mass is 853 g/mol. The van der Waals surface area contributed by atoms with Gasteiger partial charge in [-0.05, 0) is 111 Å². The van der Waals surface area contributed by atoms with Gasteiger partial charge in [-0.15, -0.1) is 0 Å². The largest absolute Gasteiger partial charge is 0.508 e. The number of hydrazine groups is 1. The second-order valence-electron chi connectivity index (χ2n) is 14.5. The lowest BCUT2D eigenvalue weighted by atomic mass is 9.49. The highest BCUT2D eigenvalue weighted by Crippen LogP contribution is 2.65. The van der Waals surface area contributed by atoms with Gasteiger partial charge < -0.3 is 14.9 Å². The minimum absolute atomic E-state index is 0.132. The van der Waals surface area contributed by atoms with Crippen LogP contribution in [0.15, 0.2) is 106 Å². The van der Waals surface area contributed by atoms with Gasteiger partial charge in [0.2, 0.25) is 11.8 Å². The summed E-state index contributed by atoms with van der Waals surface area (Å²) in [5.74, 6) is -4.92. The number of ether oxygens (including phenoxy) is 1. The van der Waals surface area contributed by atoms with Crippen LogP contribution in [-0.2, 0) is 31.0 Å². The van der Waals surface area contributed by atoms with Crippen molar-refractivity contribution in [3.05, 3.63) is 128 Å². The van der Waals surface area contributed by atoms with Crippen molar-refractivity contribution in [3.8, 4) is 17.2 Å². The first-order chi connectivity index (χ1) is 26.0. The molecule has 2 heterocycles. The third-order valence-electron chi connectivity index (χ3n) is 11.7. The van der Waals surface area contributed by atoms with E-state index < -0.39 is 46.8 Å². The lowest BCUT2D eigenvalue weighted by molar-refractivity contribution is -0.141. The Morgan fingerprint density at radius 1 is 0.870 bits per heavy atom. The van der Waals surface area contributed by atoms with Crippen molar-refractivity contribution in [1.82, 2.24) is 9.91 Å². The fourth-order valence-electron chi connectivity index (χ4n) is 9.26. The van der Waals surface area contributed by atoms with Crippen molar-refractivity contribution >= 4 is 61.2 Å². The van der Waals surface area contributed by atoms with Crippen LogP contribution in [0.25, 0.3) is 0 Å². The number of likely N-dealkylation sites (tertiary alicyclic amines) is 1. The molecule has 0 radical (unpaired) electrons. The van der Waals surface area contributed by atoms with Crippen LogP contribution < -0.4 is 10.2 Å². The maximum absolute atomic E-state index is 15.4. The fourth-order valence-corrected chi connectivity index (χ4v) is 10.2. The van der Waals surface area contributed by atoms with Crippen LogP contribution >= 0.6 is 31.9 Å². The van der Waals surface area contributed by atoms with Crippen molar-refractivity contribution in [2.24, 2.45) is 23.7 Å². The van der Waals surface area contributed by atoms with E-state index in [1.807, 2.05) is 67.6 Å². The summed E-state index contributed by atoms with van der Waals surface area (Å²) in [5, 5.41) is 21.9. The molecule has 0 spiro atoms. The summed E-state index contributed by atoms with van der Waals surface area (Å²) in [6, 6.07) is 25.0. The van der Waals surface area contributed by atoms with Gasteiger partial charge in [0.25, 0.3) is 11.8 Å². The third kappa shape index (κ3) is 5.47. The molecule has 4 amide bonds. The number of nitrogens with zero attached hydrogens (tertiary/aromatic N) is 2. The molecule has 8 rings (SSSR count). The molecule has 10 nitrogen and oxygen atoms in total. The van der Waals surface area contributed by atoms with Gasteiger partial charge in [0.05, 0.1) is 40.4 Å². The van der Waals surface area contributed by atoms with Crippen molar-refractivity contribution in [1.29, 1.82) is 0 Å². The van der Waals surface area contributed by atoms with Crippen LogP contribution in [0.1, 0.15) is 41.0 Å². The quantitative estimate of drug-likeness (QED) is 0.126. The number of hydrogen-bond acceptors (Lipinski definition) is 8. The van der Waals surface area contributed by atoms with Gasteiger partial charge >= 0.3 is 0 Å². The smallest absolute Gasteiger partial charge is 0.260 e. The Labute approximate surface area is 329 Å². The first-order valence-electron chi connectivity index (χ1n) is 17.8. The molecule has 1 saturated carbocycles. The van der Waals surface area contributed by atoms with Gasteiger partial charge in [0.15, 0.2) is 11.5 Å². The number of aromatic hydroxyl groups is 2. The fraction of sp³-hybridized carbons (Fsp3) is 0.286. The van der Waals surface area contributed by atoms with Gasteiger partial charge in [-0.1, -0.05) is 71.8 Å². The number of halogens is 2. The number of anilines is 1. The molecule has 12 heteroatoms. The van der Waals surface area contributed by atoms with Gasteiger partial charge in [-0.25, -0.2) is 0 Å². The number of nitrogens with one attached hydrogen (secondary N) is 1. The molecule has 3 N–H and O–H groups in total. The summed E-state index contributed by atoms with van der Waals surface area (Å²) in [6.45, 7) is 2.13. The maximum atomic E-state index is 15.4. The van der Waals surface area contributed by atoms with Crippen LogP contribution in [0.4, 0.5) is 5.69 Å². The molecule has 2 saturated heterocycles. The summed E-state index contributed by atoms with van der Waals surface area (Å²) in [5.41, 5.74) is 6.09. The number of allylic oxidation sites excluding steroid dienone is 2. The Morgan fingerprint density at radius 2 is 1.57 bits per heavy atom. The summed E-state index contributed by atoms with van der Waals surface area (Å²) in [6.07, 6.45) is 2.86. The number of carbonyl (C=O) groups is 4. The molecule has 276 valence electrons. The second kappa shape index (κ2) is 13.7. The molecule has 54 heavy (non-hydrogen) atoms. The van der Waals surface area contributed by atoms with E-state index in [1.165, 1.54) is 12.0 Å². The van der Waals surface area contributed by atoms with Crippen molar-refractivity contribution in [3.63, 3.8) is 0 Å². The van der Waals surface area contributed by atoms with E-state index in [2.05, 4.69) is 37.3 Å². The Balaban J connectivity index is 1.29. The summed E-state index contributed by atoms with van der Waals surface area (Å²) < 4.78 is 6.41. The van der Waals surface area contributed by atoms with Crippen molar-refractivity contribution in [2.75, 3.05) is 19.1 Å². The lowest BCUT2D eigenvalue weighted by Crippen LogP contribution is -2.53. The number of amides is 4. The normalized spacial score (nSPS) is 26.0. The number of phenols is 2. The first-order valence-corrected chi connectivity index (χ1v) is 19.4. The maximum Gasteiger partial charge on any atom is 0.260 e. The van der Waals surface area contributed by atoms with Crippen LogP contribution in [0.5, 0.6) is 17.2 Å². The summed E-state index contributed by atoms with van der Waals surface area (Å²) in [4.78, 5) is 60.2. The minimum Gasteiger partial charge on any atom is -0.508 e. The molecule has 2 aliphatic heterocycles. The van der Waals surface area contributed by atoms with Gasteiger partial charge in [0.1, 0.15) is 5.75 Å². The molecular weight excluding hydrogens is 818 g/mol. The third-order valence-corrected chi connectivity index (χ3v) is 13.9. The molecule has 0 bridgehead atoms. The Hall–Kier alpha value is -4.94. The van der Waals surface area contributed by atoms with E-state index in [4.69, 9.17) is 4.74 Å². The average Bonchev–Trinajstić information content (AvgIpc) is 3.55. The highest BCUT2D eigenvalue weighted by atomic mass is 79.9. The standard InChI is InChI=1S/C42H37Br2N3O7/c1-22-8-12-25(13-9-22)45-47-39(51)31-20-29-27(16-17-28-33(29)40(52)46(38(28)50)19-18-23-10-14-26(48)15-11-23)34(30-21-32(54-2)37(49)36(44)35(30)43)42(31,41(47)53)24-6-4-3-5-7-24/h3-16,21,28-29,31,33-34,45,48-49H,17-20H2,1-2H3. The Bertz CT molecular complexity index is 2230. The van der Waals surface area contributed by atoms with E-state index in [0.717, 1.165) is 21.7 Å². The Morgan fingerprint density at radius 3 is 2.26 bits per heavy atom. The number of fused-ring (bicyclic) bond motifs is 4. The number of hydrogen-bond donors (Lipinski definition) is 3. The van der Waals surface area contributed by atoms with E-state index in [9.17, 15) is 24.6 Å². The molecule has 4 aliphatic rings. The molecule has 0 aromatic heterocycles. The molecular formula is C42H37Br2N3O7. The number of phenolic OH excluding ortho intramolecular Hbond substituents is 2. The number of carbonyl (C=O) groups excluding carboxylic acids is 4. The SMILES string of the molecule is COc1cc(C2C3=CCC4C(=O)N(CCc5ccc(O)cc5)C(=O)C4C3CC3C(=O)N(Nc4ccc(C)cc4)C(=O)C32c2ccccc2)c(Br)c(Br)c1O. The highest BCUT2D eigenvalue weighted by molar-refractivity contribution is 9.13. The average molecular weight is 856 g/mol. The van der Waals surface area contributed by atoms with Crippen LogP contribution in [0, 0.1) is 30.6 Å². The topological polar surface area (TPSA) is 136 Å². The van der Waals surface area contributed by atoms with Crippen LogP contribution in [0.3, 0.4) is 0 Å². The van der Waals surface area contributed by atoms with E-state index in [-0.39, 0.29) is 48.4 Å². The number of methoxy groups -OCH3 is 1. The highest BCUT2D eigenvalue weighted by Gasteiger charge is 2.70. The molecule has 3 fully saturated rings. The lowest BCUT2D eigenvalue weighted by Gasteiger charge is -2.51. The molecule has 6 unspecified atom stereocenters. The second-order valence-corrected chi connectivity index (χ2v) is 16.1. The van der Waals surface area contributed by atoms with E-state index in [1.54, 1.807) is 30.3 Å².